The summed E-state index contributed by atoms with van der Waals surface area (Å²) < 4.78 is 6.86. The molecule has 4 nitrogen and oxygen atoms in total. The summed E-state index contributed by atoms with van der Waals surface area (Å²) in [5, 5.41) is 12.3. The van der Waals surface area contributed by atoms with Crippen molar-refractivity contribution in [1.82, 2.24) is 4.98 Å². The molecule has 2 heterocycles. The molecule has 0 bridgehead atoms. The number of aromatic nitrogens is 1. The van der Waals surface area contributed by atoms with Crippen LogP contribution in [0, 0.1) is 6.92 Å². The number of nitrogens with zero attached hydrogens (tertiary/aromatic N) is 1. The van der Waals surface area contributed by atoms with Crippen LogP contribution >= 0.6 is 22.9 Å². The van der Waals surface area contributed by atoms with E-state index in [9.17, 15) is 9.90 Å². The molecule has 1 aliphatic rings. The van der Waals surface area contributed by atoms with Gasteiger partial charge >= 0.3 is 0 Å². The number of carbonyl (C=O) groups is 1. The van der Waals surface area contributed by atoms with E-state index >= 15 is 0 Å². The molecule has 0 atom stereocenters. The average Bonchev–Trinajstić information content (AvgIpc) is 3.07. The topological polar surface area (TPSA) is 59.4 Å². The first-order valence-electron chi connectivity index (χ1n) is 9.36. The van der Waals surface area contributed by atoms with Crippen LogP contribution in [0.3, 0.4) is 0 Å². The third kappa shape index (κ3) is 3.27. The number of rotatable bonds is 2. The number of para-hydroxylation sites is 1. The van der Waals surface area contributed by atoms with Crippen molar-refractivity contribution in [1.29, 1.82) is 0 Å². The Morgan fingerprint density at radius 2 is 1.83 bits per heavy atom. The van der Waals surface area contributed by atoms with Gasteiger partial charge in [0.2, 0.25) is 0 Å². The number of thiazole rings is 1. The van der Waals surface area contributed by atoms with E-state index in [2.05, 4.69) is 0 Å². The van der Waals surface area contributed by atoms with Crippen molar-refractivity contribution in [3.8, 4) is 10.6 Å². The van der Waals surface area contributed by atoms with Gasteiger partial charge in [-0.25, -0.2) is 4.98 Å². The molecular weight excluding hydrogens is 406 g/mol. The van der Waals surface area contributed by atoms with E-state index in [0.717, 1.165) is 26.4 Å². The van der Waals surface area contributed by atoms with E-state index in [0.29, 0.717) is 16.2 Å². The standard InChI is InChI=1S/C23H22ClNO3S/c1-12-9-10-13(21-25-18-15(24)7-6-8-16(18)29-21)11-14(12)17-19(26)22(2,3)28-23(4,5)20(17)27/h6-11,26H,1-5H3. The normalized spacial score (nSPS) is 18.5. The van der Waals surface area contributed by atoms with Crippen molar-refractivity contribution in [3.63, 3.8) is 0 Å². The van der Waals surface area contributed by atoms with Gasteiger partial charge < -0.3 is 9.84 Å². The second kappa shape index (κ2) is 6.66. The molecule has 6 heteroatoms. The molecule has 1 aromatic heterocycles. The number of carbonyl (C=O) groups excluding carboxylic acids is 1. The molecular formula is C23H22ClNO3S. The van der Waals surface area contributed by atoms with Crippen LogP contribution in [0.15, 0.2) is 42.2 Å². The van der Waals surface area contributed by atoms with Gasteiger partial charge in [0, 0.05) is 5.56 Å². The third-order valence-corrected chi connectivity index (χ3v) is 6.59. The summed E-state index contributed by atoms with van der Waals surface area (Å²) in [6.07, 6.45) is 0. The fourth-order valence-electron chi connectivity index (χ4n) is 3.75. The first-order valence-corrected chi connectivity index (χ1v) is 10.6. The number of halogens is 1. The van der Waals surface area contributed by atoms with Gasteiger partial charge in [0.25, 0.3) is 0 Å². The Morgan fingerprint density at radius 3 is 2.52 bits per heavy atom. The minimum absolute atomic E-state index is 0.0468. The first-order chi connectivity index (χ1) is 13.5. The maximum absolute atomic E-state index is 13.2. The monoisotopic (exact) mass is 427 g/mol. The number of fused-ring (bicyclic) bond motifs is 1. The molecule has 0 saturated heterocycles. The van der Waals surface area contributed by atoms with Gasteiger partial charge in [0.15, 0.2) is 5.78 Å². The molecule has 29 heavy (non-hydrogen) atoms. The Hall–Kier alpha value is -2.21. The van der Waals surface area contributed by atoms with Crippen LogP contribution in [0.2, 0.25) is 5.02 Å². The van der Waals surface area contributed by atoms with E-state index in [4.69, 9.17) is 21.3 Å². The van der Waals surface area contributed by atoms with Gasteiger partial charge in [-0.15, -0.1) is 11.3 Å². The number of Topliss-reactive ketones (excluding diaryl/α,β-unsaturated/α-hetero) is 1. The van der Waals surface area contributed by atoms with E-state index in [1.807, 2.05) is 43.3 Å². The van der Waals surface area contributed by atoms with Crippen LogP contribution in [0.25, 0.3) is 26.4 Å². The number of benzene rings is 2. The fourth-order valence-corrected chi connectivity index (χ4v) is 5.02. The second-order valence-electron chi connectivity index (χ2n) is 8.31. The van der Waals surface area contributed by atoms with Gasteiger partial charge in [-0.2, -0.15) is 0 Å². The van der Waals surface area contributed by atoms with Crippen LogP contribution in [0.4, 0.5) is 0 Å². The molecule has 0 aliphatic carbocycles. The van der Waals surface area contributed by atoms with Gasteiger partial charge in [-0.3, -0.25) is 4.79 Å². The third-order valence-electron chi connectivity index (χ3n) is 5.21. The highest BCUT2D eigenvalue weighted by atomic mass is 35.5. The molecule has 2 aromatic carbocycles. The first kappa shape index (κ1) is 20.1. The average molecular weight is 428 g/mol. The van der Waals surface area contributed by atoms with Gasteiger partial charge in [-0.05, 0) is 63.9 Å². The minimum atomic E-state index is -1.03. The zero-order valence-electron chi connectivity index (χ0n) is 17.0. The molecule has 3 aromatic rings. The van der Waals surface area contributed by atoms with E-state index in [1.54, 1.807) is 39.0 Å². The molecule has 0 radical (unpaired) electrons. The fraction of sp³-hybridized carbons (Fsp3) is 0.304. The van der Waals surface area contributed by atoms with Crippen molar-refractivity contribution < 1.29 is 14.6 Å². The number of ether oxygens (including phenoxy) is 1. The van der Waals surface area contributed by atoms with Gasteiger partial charge in [0.1, 0.15) is 27.5 Å². The Morgan fingerprint density at radius 1 is 1.10 bits per heavy atom. The maximum atomic E-state index is 13.2. The summed E-state index contributed by atoms with van der Waals surface area (Å²) in [6.45, 7) is 8.93. The summed E-state index contributed by atoms with van der Waals surface area (Å²) in [5.74, 6) is -0.281. The summed E-state index contributed by atoms with van der Waals surface area (Å²) >= 11 is 7.83. The van der Waals surface area contributed by atoms with E-state index < -0.39 is 11.2 Å². The lowest BCUT2D eigenvalue weighted by molar-refractivity contribution is -0.158. The lowest BCUT2D eigenvalue weighted by Gasteiger charge is -2.40. The van der Waals surface area contributed by atoms with Crippen molar-refractivity contribution in [2.45, 2.75) is 45.8 Å². The predicted molar refractivity (Wildman–Crippen MR) is 119 cm³/mol. The summed E-state index contributed by atoms with van der Waals surface area (Å²) in [7, 11) is 0. The highest BCUT2D eigenvalue weighted by molar-refractivity contribution is 7.21. The molecule has 1 aliphatic heterocycles. The van der Waals surface area contributed by atoms with Crippen molar-refractivity contribution in [3.05, 3.63) is 58.3 Å². The molecule has 0 fully saturated rings. The number of aryl methyl sites for hydroxylation is 1. The molecule has 0 spiro atoms. The van der Waals surface area contributed by atoms with E-state index in [-0.39, 0.29) is 11.5 Å². The van der Waals surface area contributed by atoms with Crippen LogP contribution < -0.4 is 0 Å². The van der Waals surface area contributed by atoms with Crippen molar-refractivity contribution >= 4 is 44.5 Å². The maximum Gasteiger partial charge on any atom is 0.198 e. The van der Waals surface area contributed by atoms with Crippen LogP contribution in [0.5, 0.6) is 0 Å². The van der Waals surface area contributed by atoms with Crippen LogP contribution in [-0.2, 0) is 9.53 Å². The Kier molecular flexibility index (Phi) is 4.61. The van der Waals surface area contributed by atoms with Gasteiger partial charge in [-0.1, -0.05) is 29.8 Å². The van der Waals surface area contributed by atoms with Crippen LogP contribution in [-0.4, -0.2) is 27.1 Å². The molecule has 4 rings (SSSR count). The Labute approximate surface area is 178 Å². The largest absolute Gasteiger partial charge is 0.508 e. The number of aliphatic hydroxyl groups is 1. The molecule has 0 amide bonds. The quantitative estimate of drug-likeness (QED) is 0.517. The molecule has 0 unspecified atom stereocenters. The lowest BCUT2D eigenvalue weighted by Crippen LogP contribution is -2.49. The van der Waals surface area contributed by atoms with Crippen LogP contribution in [0.1, 0.15) is 38.8 Å². The highest BCUT2D eigenvalue weighted by Crippen LogP contribution is 2.42. The van der Waals surface area contributed by atoms with Crippen molar-refractivity contribution in [2.24, 2.45) is 0 Å². The Balaban J connectivity index is 1.91. The number of hydrogen-bond acceptors (Lipinski definition) is 5. The van der Waals surface area contributed by atoms with Gasteiger partial charge in [0.05, 0.1) is 15.3 Å². The molecule has 1 N–H and O–H groups in total. The molecule has 150 valence electrons. The second-order valence-corrected chi connectivity index (χ2v) is 9.75. The SMILES string of the molecule is Cc1ccc(-c2nc3c(Cl)cccc3s2)cc1C1=C(O)C(C)(C)OC(C)(C)C1=O. The summed E-state index contributed by atoms with van der Waals surface area (Å²) in [6, 6.07) is 11.5. The Bertz CT molecular complexity index is 1190. The summed E-state index contributed by atoms with van der Waals surface area (Å²) in [4.78, 5) is 17.8. The number of ketones is 1. The number of aliphatic hydroxyl groups excluding tert-OH is 1. The lowest BCUT2D eigenvalue weighted by atomic mass is 9.81. The zero-order valence-corrected chi connectivity index (χ0v) is 18.5. The number of hydrogen-bond donors (Lipinski definition) is 1. The minimum Gasteiger partial charge on any atom is -0.508 e. The smallest absolute Gasteiger partial charge is 0.198 e. The predicted octanol–water partition coefficient (Wildman–Crippen LogP) is 6.35. The summed E-state index contributed by atoms with van der Waals surface area (Å²) in [5.41, 5.74) is 1.55. The van der Waals surface area contributed by atoms with Crippen molar-refractivity contribution in [2.75, 3.05) is 0 Å². The van der Waals surface area contributed by atoms with E-state index in [1.165, 1.54) is 0 Å². The highest BCUT2D eigenvalue weighted by Gasteiger charge is 2.47. The molecule has 0 saturated carbocycles. The zero-order chi connectivity index (χ0) is 21.1.